The smallest absolute Gasteiger partial charge is 0.306 e. The van der Waals surface area contributed by atoms with Gasteiger partial charge in [-0.05, 0) is 167 Å². The van der Waals surface area contributed by atoms with E-state index in [0.717, 1.165) is 180 Å². The van der Waals surface area contributed by atoms with Crippen molar-refractivity contribution < 1.29 is 42.9 Å². The summed E-state index contributed by atoms with van der Waals surface area (Å²) in [5.74, 6) is -2.40. The van der Waals surface area contributed by atoms with E-state index in [4.69, 9.17) is 18.9 Å². The Morgan fingerprint density at radius 1 is 0.316 bits per heavy atom. The van der Waals surface area contributed by atoms with E-state index < -0.39 is 30.3 Å². The van der Waals surface area contributed by atoms with Gasteiger partial charge in [0, 0.05) is 12.8 Å². The molecule has 0 spiro atoms. The number of ether oxygens (including phenoxy) is 4. The van der Waals surface area contributed by atoms with Crippen LogP contribution in [0.1, 0.15) is 219 Å². The molecule has 9 heteroatoms. The first-order valence-electron chi connectivity index (χ1n) is 36.2. The Hall–Kier alpha value is -6.91. The summed E-state index contributed by atoms with van der Waals surface area (Å²) in [5.41, 5.74) is 0. The van der Waals surface area contributed by atoms with E-state index in [0.29, 0.717) is 23.9 Å². The number of carbonyl (C=O) groups excluding carboxylic acids is 3. The fourth-order valence-corrected chi connectivity index (χ4v) is 8.65. The van der Waals surface area contributed by atoms with Gasteiger partial charge in [0.05, 0.1) is 40.3 Å². The fraction of sp³-hybridized carbons (Fsp3) is 0.500. The first kappa shape index (κ1) is 88.1. The molecule has 2 atom stereocenters. The Bertz CT molecular complexity index is 2470. The molecule has 0 aromatic rings. The number of carboxylic acid groups (broad SMARTS) is 1. The molecule has 0 saturated carbocycles. The lowest BCUT2D eigenvalue weighted by molar-refractivity contribution is -0.870. The zero-order valence-corrected chi connectivity index (χ0v) is 59.9. The van der Waals surface area contributed by atoms with Crippen LogP contribution < -0.4 is 5.11 Å². The lowest BCUT2D eigenvalue weighted by Gasteiger charge is -2.26. The molecule has 0 rings (SSSR count). The monoisotopic (exact) mass is 1300 g/mol. The number of unbranched alkanes of at least 4 members (excludes halogenated alkanes) is 8. The molecular weight excluding hydrogens is 1170 g/mol. The predicted molar refractivity (Wildman–Crippen MR) is 406 cm³/mol. The zero-order chi connectivity index (χ0) is 69.0. The zero-order valence-electron chi connectivity index (χ0n) is 59.9. The van der Waals surface area contributed by atoms with Crippen molar-refractivity contribution in [1.82, 2.24) is 0 Å². The summed E-state index contributed by atoms with van der Waals surface area (Å²) in [6.07, 6.45) is 115. The molecule has 0 aromatic heterocycles. The number of nitrogens with zero attached hydrogens (tertiary/aromatic N) is 1. The van der Waals surface area contributed by atoms with Gasteiger partial charge in [-0.15, -0.1) is 0 Å². The van der Waals surface area contributed by atoms with Gasteiger partial charge in [-0.25, -0.2) is 0 Å². The van der Waals surface area contributed by atoms with Gasteiger partial charge in [0.15, 0.2) is 12.4 Å². The first-order chi connectivity index (χ1) is 46.6. The second-order valence-electron chi connectivity index (χ2n) is 24.1. The number of allylic oxidation sites excluding steroid dienone is 40. The Balaban J connectivity index is 4.34. The molecule has 0 aliphatic heterocycles. The van der Waals surface area contributed by atoms with Crippen molar-refractivity contribution in [2.75, 3.05) is 47.5 Å². The molecule has 526 valence electrons. The van der Waals surface area contributed by atoms with E-state index in [1.807, 2.05) is 21.1 Å². The largest absolute Gasteiger partial charge is 0.545 e. The molecule has 0 saturated heterocycles. The van der Waals surface area contributed by atoms with Crippen LogP contribution in [0.3, 0.4) is 0 Å². The second kappa shape index (κ2) is 72.9. The summed E-state index contributed by atoms with van der Waals surface area (Å²) in [4.78, 5) is 37.5. The number of carbonyl (C=O) groups is 3. The van der Waals surface area contributed by atoms with Crippen LogP contribution in [0, 0.1) is 0 Å². The van der Waals surface area contributed by atoms with Gasteiger partial charge in [0.25, 0.3) is 0 Å². The molecule has 0 N–H and O–H groups in total. The number of rotatable bonds is 63. The molecule has 0 radical (unpaired) electrons. The standard InChI is InChI=1S/C86H129NO8/c1-6-8-10-12-14-16-18-20-22-24-26-28-30-32-34-36-38-39-40-41-42-43-44-45-47-49-51-53-55-57-59-61-63-65-67-69-71-73-75-77-84(89)95-82(81-94-86(85(90)91)92-79-78-87(3,4)5)80-93-83(88)76-74-72-70-68-66-64-62-60-58-56-54-52-50-48-46-37-35-33-31-29-27-25-23-21-19-17-15-13-11-9-7-2/h8-11,14-17,20-23,26-29,32-35,38-39,41-42,44-46,48-49,51-52,54-55,57-58,60-61,63,67,69,82,86H,6-7,12-13,18-19,24-25,30-31,36-37,40,43,47,50,53,56,59,62,64-66,68,70-81H2,1-5H3/b10-8-,11-9-,16-14-,17-15-,22-20-,23-21-,28-26-,29-27-,34-32-,35-33-,39-38-,42-41-,45-44-,48-46-,51-49-,54-52-,57-55-,60-58-,63-61-,69-67-. The quantitative estimate of drug-likeness (QED) is 0.0195. The highest BCUT2D eigenvalue weighted by Gasteiger charge is 2.22. The van der Waals surface area contributed by atoms with E-state index in [1.54, 1.807) is 0 Å². The highest BCUT2D eigenvalue weighted by Crippen LogP contribution is 2.13. The van der Waals surface area contributed by atoms with Gasteiger partial charge in [0.1, 0.15) is 13.2 Å². The topological polar surface area (TPSA) is 111 Å². The maximum Gasteiger partial charge on any atom is 0.306 e. The minimum atomic E-state index is -1.66. The Morgan fingerprint density at radius 2 is 0.568 bits per heavy atom. The van der Waals surface area contributed by atoms with Crippen molar-refractivity contribution >= 4 is 17.9 Å². The van der Waals surface area contributed by atoms with Crippen LogP contribution in [0.5, 0.6) is 0 Å². The molecule has 0 amide bonds. The molecular formula is C86H129NO8. The normalized spacial score (nSPS) is 14.2. The molecule has 0 aliphatic rings. The number of quaternary nitrogens is 1. The summed E-state index contributed by atoms with van der Waals surface area (Å²) in [5, 5.41) is 11.8. The van der Waals surface area contributed by atoms with Crippen LogP contribution in [0.15, 0.2) is 243 Å². The molecule has 0 bridgehead atoms. The molecule has 95 heavy (non-hydrogen) atoms. The third kappa shape index (κ3) is 74.4. The van der Waals surface area contributed by atoms with Gasteiger partial charge < -0.3 is 33.3 Å². The van der Waals surface area contributed by atoms with Gasteiger partial charge in [0.2, 0.25) is 0 Å². The third-order valence-electron chi connectivity index (χ3n) is 14.1. The van der Waals surface area contributed by atoms with Crippen LogP contribution in [0.2, 0.25) is 0 Å². The van der Waals surface area contributed by atoms with E-state index >= 15 is 0 Å². The van der Waals surface area contributed by atoms with Gasteiger partial charge in [-0.2, -0.15) is 0 Å². The molecule has 9 nitrogen and oxygen atoms in total. The Kier molecular flexibility index (Phi) is 67.6. The van der Waals surface area contributed by atoms with Crippen molar-refractivity contribution in [3.8, 4) is 0 Å². The highest BCUT2D eigenvalue weighted by atomic mass is 16.7. The summed E-state index contributed by atoms with van der Waals surface area (Å²) in [6.45, 7) is 4.41. The van der Waals surface area contributed by atoms with Gasteiger partial charge in [-0.3, -0.25) is 9.59 Å². The van der Waals surface area contributed by atoms with E-state index in [-0.39, 0.29) is 32.7 Å². The van der Waals surface area contributed by atoms with Gasteiger partial charge in [-0.1, -0.05) is 283 Å². The van der Waals surface area contributed by atoms with Crippen molar-refractivity contribution in [3.63, 3.8) is 0 Å². The molecule has 0 fully saturated rings. The fourth-order valence-electron chi connectivity index (χ4n) is 8.65. The second-order valence-corrected chi connectivity index (χ2v) is 24.1. The van der Waals surface area contributed by atoms with Crippen molar-refractivity contribution in [1.29, 1.82) is 0 Å². The van der Waals surface area contributed by atoms with E-state index in [9.17, 15) is 19.5 Å². The lowest BCUT2D eigenvalue weighted by atomic mass is 10.1. The molecule has 0 aliphatic carbocycles. The molecule has 0 aromatic carbocycles. The Labute approximate surface area is 580 Å². The van der Waals surface area contributed by atoms with Crippen molar-refractivity contribution in [2.45, 2.75) is 232 Å². The number of esters is 2. The summed E-state index contributed by atoms with van der Waals surface area (Å²) < 4.78 is 22.7. The van der Waals surface area contributed by atoms with Crippen molar-refractivity contribution in [2.24, 2.45) is 0 Å². The average Bonchev–Trinajstić information content (AvgIpc) is 2.92. The summed E-state index contributed by atoms with van der Waals surface area (Å²) in [6, 6.07) is 0. The van der Waals surface area contributed by atoms with Crippen LogP contribution in [-0.4, -0.2) is 82.3 Å². The maximum atomic E-state index is 12.9. The van der Waals surface area contributed by atoms with E-state index in [1.165, 1.54) is 0 Å². The van der Waals surface area contributed by atoms with Crippen LogP contribution in [0.4, 0.5) is 0 Å². The van der Waals surface area contributed by atoms with Crippen molar-refractivity contribution in [3.05, 3.63) is 243 Å². The van der Waals surface area contributed by atoms with E-state index in [2.05, 4.69) is 257 Å². The predicted octanol–water partition coefficient (Wildman–Crippen LogP) is 21.9. The summed E-state index contributed by atoms with van der Waals surface area (Å²) in [7, 11) is 5.89. The average molecular weight is 1300 g/mol. The summed E-state index contributed by atoms with van der Waals surface area (Å²) >= 11 is 0. The lowest BCUT2D eigenvalue weighted by Crippen LogP contribution is -2.44. The third-order valence-corrected chi connectivity index (χ3v) is 14.1. The van der Waals surface area contributed by atoms with Gasteiger partial charge >= 0.3 is 11.9 Å². The SMILES string of the molecule is CC/C=C\C/C=C\C/C=C\C/C=C\C/C=C\C/C=C\C/C=C\C/C=C\C/C=C\C/C=C\C/C=C\C/C=C\CCCCC(=O)OC(COC(=O)CCCCCCCC/C=C\C/C=C\C/C=C\C/C=C\C/C=C\C/C=C\C/C=C\C/C=C\CC)COC(OCC[N+](C)(C)C)C(=O)[O-]. The minimum absolute atomic E-state index is 0.122. The number of hydrogen-bond acceptors (Lipinski definition) is 8. The van der Waals surface area contributed by atoms with Crippen LogP contribution in [-0.2, 0) is 33.3 Å². The Morgan fingerprint density at radius 3 is 0.863 bits per heavy atom. The highest BCUT2D eigenvalue weighted by molar-refractivity contribution is 5.70. The van der Waals surface area contributed by atoms with Crippen LogP contribution in [0.25, 0.3) is 0 Å². The number of carboxylic acids is 1. The number of hydrogen-bond donors (Lipinski definition) is 0. The number of likely N-dealkylation sites (N-methyl/N-ethyl adjacent to an activating group) is 1. The molecule has 0 heterocycles. The number of aliphatic carboxylic acids is 1. The molecule has 2 unspecified atom stereocenters. The minimum Gasteiger partial charge on any atom is -0.545 e. The first-order valence-corrected chi connectivity index (χ1v) is 36.2. The van der Waals surface area contributed by atoms with Crippen LogP contribution >= 0.6 is 0 Å². The maximum absolute atomic E-state index is 12.9.